The number of carbonyl (C=O) groups excluding carboxylic acids is 1. The lowest BCUT2D eigenvalue weighted by atomic mass is 10.2. The van der Waals surface area contributed by atoms with Crippen LogP contribution in [0.1, 0.15) is 10.4 Å². The van der Waals surface area contributed by atoms with Gasteiger partial charge in [0, 0.05) is 42.3 Å². The van der Waals surface area contributed by atoms with E-state index in [2.05, 4.69) is 10.3 Å². The molecule has 120 valence electrons. The summed E-state index contributed by atoms with van der Waals surface area (Å²) in [6, 6.07) is 19.4. The van der Waals surface area contributed by atoms with Crippen molar-refractivity contribution in [3.05, 3.63) is 78.5 Å². The Morgan fingerprint density at radius 3 is 2.50 bits per heavy atom. The molecule has 24 heavy (non-hydrogen) atoms. The summed E-state index contributed by atoms with van der Waals surface area (Å²) >= 11 is 0. The quantitative estimate of drug-likeness (QED) is 0.767. The van der Waals surface area contributed by atoms with Gasteiger partial charge in [0.25, 0.3) is 5.91 Å². The molecule has 2 N–H and O–H groups in total. The second-order valence-corrected chi connectivity index (χ2v) is 5.31. The SMILES string of the molecule is CN(c1cc(O)cc(NC(=O)c2ccccc2)c1)c1ccccn1. The average molecular weight is 319 g/mol. The molecule has 1 heterocycles. The van der Waals surface area contributed by atoms with Crippen LogP contribution in [0, 0.1) is 0 Å². The molecular formula is C19H17N3O2. The summed E-state index contributed by atoms with van der Waals surface area (Å²) in [4.78, 5) is 18.4. The average Bonchev–Trinajstić information content (AvgIpc) is 2.62. The number of phenols is 1. The van der Waals surface area contributed by atoms with Gasteiger partial charge in [-0.3, -0.25) is 4.79 Å². The number of benzene rings is 2. The van der Waals surface area contributed by atoms with Crippen LogP contribution in [0.25, 0.3) is 0 Å². The Hall–Kier alpha value is -3.34. The molecule has 1 amide bonds. The number of pyridine rings is 1. The van der Waals surface area contributed by atoms with Crippen LogP contribution in [0.3, 0.4) is 0 Å². The van der Waals surface area contributed by atoms with Crippen LogP contribution in [0.5, 0.6) is 5.75 Å². The van der Waals surface area contributed by atoms with Crippen LogP contribution >= 0.6 is 0 Å². The smallest absolute Gasteiger partial charge is 0.255 e. The van der Waals surface area contributed by atoms with Crippen LogP contribution in [0.2, 0.25) is 0 Å². The number of rotatable bonds is 4. The molecule has 0 bridgehead atoms. The van der Waals surface area contributed by atoms with Crippen molar-refractivity contribution in [1.82, 2.24) is 4.98 Å². The zero-order valence-electron chi connectivity index (χ0n) is 13.2. The van der Waals surface area contributed by atoms with Gasteiger partial charge in [0.15, 0.2) is 0 Å². The number of nitrogens with zero attached hydrogens (tertiary/aromatic N) is 2. The van der Waals surface area contributed by atoms with Gasteiger partial charge in [0.05, 0.1) is 0 Å². The Morgan fingerprint density at radius 1 is 1.04 bits per heavy atom. The van der Waals surface area contributed by atoms with E-state index in [1.54, 1.807) is 42.6 Å². The molecule has 0 spiro atoms. The number of aromatic hydroxyl groups is 1. The standard InChI is InChI=1S/C19H17N3O2/c1-22(18-9-5-6-10-20-18)16-11-15(12-17(23)13-16)21-19(24)14-7-3-2-4-8-14/h2-13,23H,1H3,(H,21,24). The number of carbonyl (C=O) groups is 1. The monoisotopic (exact) mass is 319 g/mol. The molecule has 0 fully saturated rings. The Bertz CT molecular complexity index is 836. The Kier molecular flexibility index (Phi) is 4.43. The number of aromatic nitrogens is 1. The Morgan fingerprint density at radius 2 is 1.79 bits per heavy atom. The fourth-order valence-corrected chi connectivity index (χ4v) is 2.34. The lowest BCUT2D eigenvalue weighted by Gasteiger charge is -2.19. The first-order chi connectivity index (χ1) is 11.6. The zero-order chi connectivity index (χ0) is 16.9. The molecule has 0 atom stereocenters. The van der Waals surface area contributed by atoms with Gasteiger partial charge in [-0.1, -0.05) is 24.3 Å². The van der Waals surface area contributed by atoms with E-state index in [1.807, 2.05) is 36.2 Å². The van der Waals surface area contributed by atoms with Crippen LogP contribution in [-0.4, -0.2) is 23.0 Å². The van der Waals surface area contributed by atoms with E-state index in [0.29, 0.717) is 11.3 Å². The molecule has 3 aromatic rings. The van der Waals surface area contributed by atoms with Crippen molar-refractivity contribution in [3.63, 3.8) is 0 Å². The highest BCUT2D eigenvalue weighted by molar-refractivity contribution is 6.04. The van der Waals surface area contributed by atoms with Crippen LogP contribution in [0.15, 0.2) is 72.9 Å². The van der Waals surface area contributed by atoms with Crippen molar-refractivity contribution < 1.29 is 9.90 Å². The summed E-state index contributed by atoms with van der Waals surface area (Å²) < 4.78 is 0. The van der Waals surface area contributed by atoms with Gasteiger partial charge in [0.2, 0.25) is 0 Å². The second-order valence-electron chi connectivity index (χ2n) is 5.31. The first kappa shape index (κ1) is 15.6. The Balaban J connectivity index is 1.85. The lowest BCUT2D eigenvalue weighted by molar-refractivity contribution is 0.102. The third-order valence-electron chi connectivity index (χ3n) is 3.58. The fourth-order valence-electron chi connectivity index (χ4n) is 2.34. The van der Waals surface area contributed by atoms with Crippen molar-refractivity contribution in [2.45, 2.75) is 0 Å². The first-order valence-corrected chi connectivity index (χ1v) is 7.49. The van der Waals surface area contributed by atoms with Crippen molar-refractivity contribution in [3.8, 4) is 5.75 Å². The maximum atomic E-state index is 12.3. The summed E-state index contributed by atoms with van der Waals surface area (Å²) in [6.07, 6.45) is 1.70. The topological polar surface area (TPSA) is 65.5 Å². The zero-order valence-corrected chi connectivity index (χ0v) is 13.2. The molecule has 0 saturated carbocycles. The normalized spacial score (nSPS) is 10.2. The molecule has 0 unspecified atom stereocenters. The summed E-state index contributed by atoms with van der Waals surface area (Å²) in [6.45, 7) is 0. The van der Waals surface area contributed by atoms with E-state index in [9.17, 15) is 9.90 Å². The van der Waals surface area contributed by atoms with E-state index in [0.717, 1.165) is 11.5 Å². The molecule has 5 heteroatoms. The predicted octanol–water partition coefficient (Wildman–Crippen LogP) is 3.81. The maximum absolute atomic E-state index is 12.3. The molecular weight excluding hydrogens is 302 g/mol. The highest BCUT2D eigenvalue weighted by atomic mass is 16.3. The minimum atomic E-state index is -0.229. The summed E-state index contributed by atoms with van der Waals surface area (Å²) in [5.41, 5.74) is 1.79. The summed E-state index contributed by atoms with van der Waals surface area (Å²) in [5.74, 6) is 0.578. The number of anilines is 3. The first-order valence-electron chi connectivity index (χ1n) is 7.49. The van der Waals surface area contributed by atoms with Gasteiger partial charge >= 0.3 is 0 Å². The lowest BCUT2D eigenvalue weighted by Crippen LogP contribution is -2.14. The predicted molar refractivity (Wildman–Crippen MR) is 94.8 cm³/mol. The van der Waals surface area contributed by atoms with Crippen LogP contribution in [0.4, 0.5) is 17.2 Å². The number of phenolic OH excluding ortho intramolecular Hbond substituents is 1. The van der Waals surface area contributed by atoms with Crippen molar-refractivity contribution in [2.24, 2.45) is 0 Å². The van der Waals surface area contributed by atoms with Crippen molar-refractivity contribution >= 4 is 23.1 Å². The number of hydrogen-bond acceptors (Lipinski definition) is 4. The molecule has 0 radical (unpaired) electrons. The molecule has 5 nitrogen and oxygen atoms in total. The van der Waals surface area contributed by atoms with E-state index in [1.165, 1.54) is 6.07 Å². The van der Waals surface area contributed by atoms with Gasteiger partial charge in [0.1, 0.15) is 11.6 Å². The molecule has 2 aromatic carbocycles. The van der Waals surface area contributed by atoms with Gasteiger partial charge in [-0.05, 0) is 30.3 Å². The Labute approximate surface area is 140 Å². The number of nitrogens with one attached hydrogen (secondary N) is 1. The maximum Gasteiger partial charge on any atom is 0.255 e. The minimum Gasteiger partial charge on any atom is -0.508 e. The third kappa shape index (κ3) is 3.52. The highest BCUT2D eigenvalue weighted by Gasteiger charge is 2.10. The van der Waals surface area contributed by atoms with E-state index in [4.69, 9.17) is 0 Å². The van der Waals surface area contributed by atoms with Gasteiger partial charge in [-0.2, -0.15) is 0 Å². The van der Waals surface area contributed by atoms with Gasteiger partial charge in [-0.15, -0.1) is 0 Å². The number of amides is 1. The molecule has 0 aliphatic carbocycles. The van der Waals surface area contributed by atoms with E-state index >= 15 is 0 Å². The van der Waals surface area contributed by atoms with Crippen molar-refractivity contribution in [2.75, 3.05) is 17.3 Å². The summed E-state index contributed by atoms with van der Waals surface area (Å²) in [5, 5.41) is 12.8. The van der Waals surface area contributed by atoms with Crippen molar-refractivity contribution in [1.29, 1.82) is 0 Å². The van der Waals surface area contributed by atoms with Crippen LogP contribution < -0.4 is 10.2 Å². The second kappa shape index (κ2) is 6.83. The summed E-state index contributed by atoms with van der Waals surface area (Å²) in [7, 11) is 1.85. The molecule has 0 aliphatic heterocycles. The van der Waals surface area contributed by atoms with Crippen LogP contribution in [-0.2, 0) is 0 Å². The van der Waals surface area contributed by atoms with Gasteiger partial charge in [-0.25, -0.2) is 4.98 Å². The fraction of sp³-hybridized carbons (Fsp3) is 0.0526. The third-order valence-corrected chi connectivity index (χ3v) is 3.58. The number of hydrogen-bond donors (Lipinski definition) is 2. The minimum absolute atomic E-state index is 0.0682. The largest absolute Gasteiger partial charge is 0.508 e. The van der Waals surface area contributed by atoms with Gasteiger partial charge < -0.3 is 15.3 Å². The van der Waals surface area contributed by atoms with E-state index < -0.39 is 0 Å². The molecule has 1 aromatic heterocycles. The molecule has 0 saturated heterocycles. The molecule has 3 rings (SSSR count). The van der Waals surface area contributed by atoms with E-state index in [-0.39, 0.29) is 11.7 Å². The molecule has 0 aliphatic rings. The highest BCUT2D eigenvalue weighted by Crippen LogP contribution is 2.29.